The number of aryl methyl sites for hydroxylation is 1. The fraction of sp³-hybridized carbons (Fsp3) is 0.310. The molecule has 0 spiro atoms. The molecule has 45 heavy (non-hydrogen) atoms. The number of carboxylic acids is 1. The van der Waals surface area contributed by atoms with Crippen LogP contribution in [0.1, 0.15) is 34.8 Å². The molecule has 238 valence electrons. The molecule has 11 nitrogen and oxygen atoms in total. The summed E-state index contributed by atoms with van der Waals surface area (Å²) in [5.41, 5.74) is 2.09. The van der Waals surface area contributed by atoms with Crippen molar-refractivity contribution in [1.29, 1.82) is 0 Å². The third kappa shape index (κ3) is 7.34. The number of pyridine rings is 1. The van der Waals surface area contributed by atoms with Gasteiger partial charge in [0, 0.05) is 38.6 Å². The summed E-state index contributed by atoms with van der Waals surface area (Å²) in [5.74, 6) is -2.38. The lowest BCUT2D eigenvalue weighted by molar-refractivity contribution is -0.274. The van der Waals surface area contributed by atoms with Crippen LogP contribution in [0.25, 0.3) is 10.2 Å². The number of fused-ring (bicyclic) bond motifs is 1. The summed E-state index contributed by atoms with van der Waals surface area (Å²) in [6, 6.07) is 10.2. The zero-order valence-corrected chi connectivity index (χ0v) is 25.5. The van der Waals surface area contributed by atoms with Gasteiger partial charge in [-0.15, -0.1) is 13.2 Å². The van der Waals surface area contributed by atoms with Gasteiger partial charge in [-0.25, -0.2) is 18.2 Å². The second-order valence-corrected chi connectivity index (χ2v) is 13.1. The van der Waals surface area contributed by atoms with Crippen LogP contribution in [0.15, 0.2) is 65.8 Å². The van der Waals surface area contributed by atoms with Gasteiger partial charge in [0.05, 0.1) is 9.60 Å². The molecule has 1 aliphatic rings. The van der Waals surface area contributed by atoms with Gasteiger partial charge in [0.25, 0.3) is 0 Å². The molecule has 0 bridgehead atoms. The highest BCUT2D eigenvalue weighted by Crippen LogP contribution is 2.33. The zero-order valence-electron chi connectivity index (χ0n) is 23.8. The van der Waals surface area contributed by atoms with Crippen LogP contribution in [0.4, 0.5) is 18.3 Å². The van der Waals surface area contributed by atoms with E-state index >= 15 is 0 Å². The Balaban J connectivity index is 1.42. The van der Waals surface area contributed by atoms with E-state index in [1.54, 1.807) is 4.90 Å². The number of hydrogen-bond acceptors (Lipinski definition) is 9. The van der Waals surface area contributed by atoms with Crippen LogP contribution in [0.5, 0.6) is 5.75 Å². The number of nitrogens with one attached hydrogen (secondary N) is 1. The third-order valence-corrected chi connectivity index (χ3v) is 10.1. The number of aromatic carboxylic acids is 1. The molecular weight excluding hydrogens is 635 g/mol. The lowest BCUT2D eigenvalue weighted by Crippen LogP contribution is -2.60. The number of sulfonamides is 1. The second-order valence-electron chi connectivity index (χ2n) is 10.2. The highest BCUT2D eigenvalue weighted by molar-refractivity contribution is 7.89. The van der Waals surface area contributed by atoms with Crippen LogP contribution in [0.2, 0.25) is 0 Å². The van der Waals surface area contributed by atoms with Gasteiger partial charge >= 0.3 is 12.3 Å². The molecular formula is C29H28F3N5O6S2. The molecule has 5 rings (SSSR count). The van der Waals surface area contributed by atoms with E-state index in [0.717, 1.165) is 63.9 Å². The molecule has 1 saturated heterocycles. The Morgan fingerprint density at radius 2 is 1.76 bits per heavy atom. The lowest BCUT2D eigenvalue weighted by atomic mass is 10.1. The maximum absolute atomic E-state index is 13.8. The molecule has 16 heteroatoms. The summed E-state index contributed by atoms with van der Waals surface area (Å²) < 4.78 is 70.8. The second kappa shape index (κ2) is 13.0. The SMILES string of the molecule is CCCc1ccc(CNC(=O)[C@H]2CN(c3nc4c(C(=O)O)cncc4s3)CCN2S(=O)(=O)c2ccc(OC(F)(F)F)cc2)cc1. The molecule has 0 saturated carbocycles. The maximum atomic E-state index is 13.8. The Kier molecular flexibility index (Phi) is 9.27. The van der Waals surface area contributed by atoms with Gasteiger partial charge in [-0.3, -0.25) is 9.78 Å². The molecule has 1 aliphatic heterocycles. The first-order chi connectivity index (χ1) is 21.4. The number of amides is 1. The van der Waals surface area contributed by atoms with Crippen molar-refractivity contribution in [2.45, 2.75) is 43.6 Å². The van der Waals surface area contributed by atoms with Crippen LogP contribution in [0.3, 0.4) is 0 Å². The number of carbonyl (C=O) groups is 2. The molecule has 2 aromatic carbocycles. The first kappa shape index (κ1) is 32.1. The van der Waals surface area contributed by atoms with Crippen LogP contribution in [-0.2, 0) is 27.8 Å². The van der Waals surface area contributed by atoms with Crippen LogP contribution >= 0.6 is 11.3 Å². The van der Waals surface area contributed by atoms with Gasteiger partial charge in [-0.2, -0.15) is 4.31 Å². The number of nitrogens with zero attached hydrogens (tertiary/aromatic N) is 4. The normalized spacial score (nSPS) is 16.1. The number of rotatable bonds is 10. The highest BCUT2D eigenvalue weighted by atomic mass is 32.2. The molecule has 1 amide bonds. The first-order valence-electron chi connectivity index (χ1n) is 13.8. The number of benzene rings is 2. The van der Waals surface area contributed by atoms with E-state index in [4.69, 9.17) is 0 Å². The Labute approximate surface area is 260 Å². The number of aromatic nitrogens is 2. The Morgan fingerprint density at radius 1 is 1.07 bits per heavy atom. The van der Waals surface area contributed by atoms with Gasteiger partial charge in [0.1, 0.15) is 22.9 Å². The molecule has 0 unspecified atom stereocenters. The summed E-state index contributed by atoms with van der Waals surface area (Å²) in [7, 11) is -4.36. The van der Waals surface area contributed by atoms with Crippen molar-refractivity contribution >= 4 is 48.6 Å². The van der Waals surface area contributed by atoms with E-state index in [9.17, 15) is 36.3 Å². The standard InChI is InChI=1S/C29H28F3N5O6S2/c1-2-3-18-4-6-19(7-5-18)14-34-26(38)23-17-36(28-35-25-22(27(39)40)15-33-16-24(25)44-28)12-13-37(23)45(41,42)21-10-8-20(9-11-21)43-29(30,31)32/h4-11,15-16,23H,2-3,12-14,17H2,1H3,(H,34,38)(H,39,40)/t23-/m1/s1. The number of anilines is 1. The van der Waals surface area contributed by atoms with Gasteiger partial charge < -0.3 is 20.1 Å². The van der Waals surface area contributed by atoms with Crippen LogP contribution in [-0.4, -0.2) is 71.7 Å². The van der Waals surface area contributed by atoms with Crippen LogP contribution < -0.4 is 15.0 Å². The lowest BCUT2D eigenvalue weighted by Gasteiger charge is -2.39. The highest BCUT2D eigenvalue weighted by Gasteiger charge is 2.41. The maximum Gasteiger partial charge on any atom is 0.573 e. The van der Waals surface area contributed by atoms with Gasteiger partial charge in [-0.05, 0) is 41.8 Å². The van der Waals surface area contributed by atoms with Crippen LogP contribution in [0, 0.1) is 0 Å². The van der Waals surface area contributed by atoms with Crippen molar-refractivity contribution < 1.29 is 41.0 Å². The fourth-order valence-corrected chi connectivity index (χ4v) is 7.51. The Bertz CT molecular complexity index is 1800. The minimum absolute atomic E-state index is 0.0894. The topological polar surface area (TPSA) is 142 Å². The van der Waals surface area contributed by atoms with E-state index in [-0.39, 0.29) is 42.2 Å². The molecule has 2 aromatic heterocycles. The largest absolute Gasteiger partial charge is 0.573 e. The minimum Gasteiger partial charge on any atom is -0.478 e. The van der Waals surface area contributed by atoms with Crippen molar-refractivity contribution in [3.63, 3.8) is 0 Å². The van der Waals surface area contributed by atoms with E-state index in [1.807, 2.05) is 24.3 Å². The molecule has 2 N–H and O–H groups in total. The number of alkyl halides is 3. The van der Waals surface area contributed by atoms with Crippen molar-refractivity contribution in [2.75, 3.05) is 24.5 Å². The monoisotopic (exact) mass is 663 g/mol. The summed E-state index contributed by atoms with van der Waals surface area (Å²) in [4.78, 5) is 35.1. The Morgan fingerprint density at radius 3 is 2.40 bits per heavy atom. The van der Waals surface area contributed by atoms with Gasteiger partial charge in [0.2, 0.25) is 15.9 Å². The average molecular weight is 664 g/mol. The van der Waals surface area contributed by atoms with E-state index in [2.05, 4.69) is 26.9 Å². The van der Waals surface area contributed by atoms with Gasteiger partial charge in [0.15, 0.2) is 5.13 Å². The van der Waals surface area contributed by atoms with Crippen molar-refractivity contribution in [2.24, 2.45) is 0 Å². The van der Waals surface area contributed by atoms with E-state index < -0.39 is 40.1 Å². The summed E-state index contributed by atoms with van der Waals surface area (Å²) in [6.07, 6.45) is -0.380. The molecule has 0 aliphatic carbocycles. The molecule has 4 aromatic rings. The smallest absolute Gasteiger partial charge is 0.478 e. The Hall–Kier alpha value is -4.28. The molecule has 3 heterocycles. The number of ether oxygens (including phenoxy) is 1. The van der Waals surface area contributed by atoms with Gasteiger partial charge in [-0.1, -0.05) is 48.9 Å². The molecule has 0 radical (unpaired) electrons. The minimum atomic E-state index is -4.95. The number of carboxylic acid groups (broad SMARTS) is 1. The predicted molar refractivity (Wildman–Crippen MR) is 160 cm³/mol. The number of piperazine rings is 1. The number of carbonyl (C=O) groups excluding carboxylic acids is 1. The van der Waals surface area contributed by atoms with E-state index in [0.29, 0.717) is 9.83 Å². The number of thiazole rings is 1. The van der Waals surface area contributed by atoms with Crippen molar-refractivity contribution in [1.82, 2.24) is 19.6 Å². The molecule has 1 fully saturated rings. The quantitative estimate of drug-likeness (QED) is 0.252. The van der Waals surface area contributed by atoms with E-state index in [1.165, 1.54) is 12.4 Å². The third-order valence-electron chi connectivity index (χ3n) is 7.12. The average Bonchev–Trinajstić information content (AvgIpc) is 3.44. The summed E-state index contributed by atoms with van der Waals surface area (Å²) >= 11 is 1.16. The van der Waals surface area contributed by atoms with Crippen molar-refractivity contribution in [3.8, 4) is 5.75 Å². The first-order valence-corrected chi connectivity index (χ1v) is 16.1. The predicted octanol–water partition coefficient (Wildman–Crippen LogP) is 4.44. The number of hydrogen-bond donors (Lipinski definition) is 2. The number of halogens is 3. The van der Waals surface area contributed by atoms with Crippen molar-refractivity contribution in [3.05, 3.63) is 77.6 Å². The zero-order chi connectivity index (χ0) is 32.4. The summed E-state index contributed by atoms with van der Waals surface area (Å²) in [6.45, 7) is 2.03. The summed E-state index contributed by atoms with van der Waals surface area (Å²) in [5, 5.41) is 12.7. The molecule has 1 atom stereocenters. The fourth-order valence-electron chi connectivity index (χ4n) is 4.94.